The van der Waals surface area contributed by atoms with E-state index in [0.717, 1.165) is 12.1 Å². The molecule has 2 rings (SSSR count). The number of rotatable bonds is 4. The van der Waals surface area contributed by atoms with E-state index < -0.39 is 32.3 Å². The lowest BCUT2D eigenvalue weighted by atomic mass is 10.2. The molecule has 1 N–H and O–H groups in total. The standard InChI is InChI=1S/C14H10ClFO4S/c15-11-4-2-1-3-10(11)8-21(19,20)13-6-5-9(14(17)18)7-12(13)16/h1-7H,8H2,(H,17,18). The Hall–Kier alpha value is -1.92. The Morgan fingerprint density at radius 1 is 1.19 bits per heavy atom. The maximum Gasteiger partial charge on any atom is 0.335 e. The minimum Gasteiger partial charge on any atom is -0.478 e. The molecule has 0 unspecified atom stereocenters. The average Bonchev–Trinajstić information content (AvgIpc) is 2.40. The molecular weight excluding hydrogens is 319 g/mol. The summed E-state index contributed by atoms with van der Waals surface area (Å²) in [6.45, 7) is 0. The lowest BCUT2D eigenvalue weighted by molar-refractivity contribution is 0.0696. The Morgan fingerprint density at radius 2 is 1.86 bits per heavy atom. The molecule has 21 heavy (non-hydrogen) atoms. The first-order chi connectivity index (χ1) is 9.81. The minimum atomic E-state index is -3.96. The molecule has 2 aromatic rings. The molecule has 0 aliphatic rings. The van der Waals surface area contributed by atoms with Gasteiger partial charge in [-0.25, -0.2) is 17.6 Å². The fourth-order valence-electron chi connectivity index (χ4n) is 1.78. The van der Waals surface area contributed by atoms with Crippen molar-refractivity contribution in [1.29, 1.82) is 0 Å². The van der Waals surface area contributed by atoms with Crippen LogP contribution in [0.3, 0.4) is 0 Å². The van der Waals surface area contributed by atoms with E-state index in [4.69, 9.17) is 16.7 Å². The van der Waals surface area contributed by atoms with Crippen molar-refractivity contribution in [2.45, 2.75) is 10.6 Å². The Balaban J connectivity index is 2.41. The summed E-state index contributed by atoms with van der Waals surface area (Å²) in [6.07, 6.45) is 0. The van der Waals surface area contributed by atoms with Gasteiger partial charge in [-0.15, -0.1) is 0 Å². The van der Waals surface area contributed by atoms with E-state index in [9.17, 15) is 17.6 Å². The van der Waals surface area contributed by atoms with E-state index in [2.05, 4.69) is 0 Å². The summed E-state index contributed by atoms with van der Waals surface area (Å²) in [7, 11) is -3.96. The second-order valence-corrected chi connectivity index (χ2v) is 6.67. The number of sulfone groups is 1. The minimum absolute atomic E-state index is 0.267. The largest absolute Gasteiger partial charge is 0.478 e. The molecule has 0 fully saturated rings. The van der Waals surface area contributed by atoms with Crippen LogP contribution in [-0.4, -0.2) is 19.5 Å². The predicted octanol–water partition coefficient (Wildman–Crippen LogP) is 3.15. The van der Waals surface area contributed by atoms with E-state index in [-0.39, 0.29) is 10.6 Å². The van der Waals surface area contributed by atoms with Gasteiger partial charge in [0.05, 0.1) is 11.3 Å². The smallest absolute Gasteiger partial charge is 0.335 e. The molecule has 0 radical (unpaired) electrons. The van der Waals surface area contributed by atoms with E-state index in [1.165, 1.54) is 12.1 Å². The number of carbonyl (C=O) groups is 1. The molecule has 0 aromatic heterocycles. The quantitative estimate of drug-likeness (QED) is 0.935. The van der Waals surface area contributed by atoms with Crippen molar-refractivity contribution in [3.05, 3.63) is 64.4 Å². The van der Waals surface area contributed by atoms with Gasteiger partial charge in [-0.3, -0.25) is 0 Å². The molecule has 0 aliphatic carbocycles. The average molecular weight is 329 g/mol. The summed E-state index contributed by atoms with van der Waals surface area (Å²) in [6, 6.07) is 9.03. The normalized spacial score (nSPS) is 11.3. The Labute approximate surface area is 125 Å². The van der Waals surface area contributed by atoms with Gasteiger partial charge in [-0.1, -0.05) is 29.8 Å². The molecule has 0 aliphatic heterocycles. The van der Waals surface area contributed by atoms with Gasteiger partial charge < -0.3 is 5.11 Å². The lowest BCUT2D eigenvalue weighted by Gasteiger charge is -2.08. The van der Waals surface area contributed by atoms with Crippen molar-refractivity contribution in [2.75, 3.05) is 0 Å². The Kier molecular flexibility index (Phi) is 4.29. The van der Waals surface area contributed by atoms with Gasteiger partial charge in [0.1, 0.15) is 10.7 Å². The van der Waals surface area contributed by atoms with Crippen molar-refractivity contribution < 1.29 is 22.7 Å². The van der Waals surface area contributed by atoms with E-state index in [1.807, 2.05) is 0 Å². The number of benzene rings is 2. The fraction of sp³-hybridized carbons (Fsp3) is 0.0714. The SMILES string of the molecule is O=C(O)c1ccc(S(=O)(=O)Cc2ccccc2Cl)c(F)c1. The number of hydrogen-bond donors (Lipinski definition) is 1. The van der Waals surface area contributed by atoms with Crippen LogP contribution in [0.5, 0.6) is 0 Å². The molecule has 0 heterocycles. The molecule has 7 heteroatoms. The van der Waals surface area contributed by atoms with Gasteiger partial charge in [0.15, 0.2) is 9.84 Å². The highest BCUT2D eigenvalue weighted by Crippen LogP contribution is 2.24. The number of hydrogen-bond acceptors (Lipinski definition) is 3. The summed E-state index contributed by atoms with van der Waals surface area (Å²) in [5, 5.41) is 9.01. The number of halogens is 2. The van der Waals surface area contributed by atoms with Crippen molar-refractivity contribution in [2.24, 2.45) is 0 Å². The second-order valence-electron chi connectivity index (χ2n) is 4.30. The summed E-state index contributed by atoms with van der Waals surface area (Å²) in [4.78, 5) is 10.2. The van der Waals surface area contributed by atoms with Gasteiger partial charge in [0.2, 0.25) is 0 Å². The summed E-state index contributed by atoms with van der Waals surface area (Å²) in [5.74, 6) is -2.89. The summed E-state index contributed by atoms with van der Waals surface area (Å²) in [5.41, 5.74) is 0.0325. The van der Waals surface area contributed by atoms with Crippen LogP contribution in [0, 0.1) is 5.82 Å². The van der Waals surface area contributed by atoms with Crippen LogP contribution in [0.25, 0.3) is 0 Å². The Bertz CT molecular complexity index is 802. The molecule has 0 bridgehead atoms. The molecule has 0 amide bonds. The first-order valence-corrected chi connectivity index (χ1v) is 7.83. The highest BCUT2D eigenvalue weighted by atomic mass is 35.5. The third-order valence-electron chi connectivity index (χ3n) is 2.82. The highest BCUT2D eigenvalue weighted by Gasteiger charge is 2.22. The zero-order chi connectivity index (χ0) is 15.6. The molecule has 4 nitrogen and oxygen atoms in total. The number of carboxylic acids is 1. The van der Waals surface area contributed by atoms with Gasteiger partial charge in [-0.05, 0) is 29.8 Å². The number of aromatic carboxylic acids is 1. The van der Waals surface area contributed by atoms with Crippen molar-refractivity contribution in [3.63, 3.8) is 0 Å². The molecule has 0 spiro atoms. The lowest BCUT2D eigenvalue weighted by Crippen LogP contribution is -2.09. The van der Waals surface area contributed by atoms with Crippen molar-refractivity contribution >= 4 is 27.4 Å². The maximum absolute atomic E-state index is 13.8. The highest BCUT2D eigenvalue weighted by molar-refractivity contribution is 7.90. The van der Waals surface area contributed by atoms with Crippen LogP contribution in [0.1, 0.15) is 15.9 Å². The first-order valence-electron chi connectivity index (χ1n) is 5.80. The summed E-state index contributed by atoms with van der Waals surface area (Å²) >= 11 is 5.89. The molecule has 110 valence electrons. The zero-order valence-electron chi connectivity index (χ0n) is 10.6. The predicted molar refractivity (Wildman–Crippen MR) is 75.7 cm³/mol. The molecule has 2 aromatic carbocycles. The number of carboxylic acid groups (broad SMARTS) is 1. The third-order valence-corrected chi connectivity index (χ3v) is 4.88. The van der Waals surface area contributed by atoms with E-state index in [0.29, 0.717) is 11.6 Å². The van der Waals surface area contributed by atoms with Gasteiger partial charge in [0, 0.05) is 5.02 Å². The second kappa shape index (κ2) is 5.83. The fourth-order valence-corrected chi connectivity index (χ4v) is 3.51. The molecule has 0 saturated heterocycles. The molecular formula is C14H10ClFO4S. The Morgan fingerprint density at radius 3 is 2.43 bits per heavy atom. The van der Waals surface area contributed by atoms with E-state index >= 15 is 0 Å². The van der Waals surface area contributed by atoms with Crippen LogP contribution in [0.2, 0.25) is 5.02 Å². The van der Waals surface area contributed by atoms with Crippen LogP contribution in [-0.2, 0) is 15.6 Å². The van der Waals surface area contributed by atoms with Crippen molar-refractivity contribution in [1.82, 2.24) is 0 Å². The first kappa shape index (κ1) is 15.5. The van der Waals surface area contributed by atoms with E-state index in [1.54, 1.807) is 12.1 Å². The van der Waals surface area contributed by atoms with Crippen LogP contribution >= 0.6 is 11.6 Å². The molecule has 0 saturated carbocycles. The van der Waals surface area contributed by atoms with Gasteiger partial charge in [-0.2, -0.15) is 0 Å². The van der Waals surface area contributed by atoms with Gasteiger partial charge >= 0.3 is 5.97 Å². The van der Waals surface area contributed by atoms with Crippen molar-refractivity contribution in [3.8, 4) is 0 Å². The monoisotopic (exact) mass is 328 g/mol. The van der Waals surface area contributed by atoms with Crippen LogP contribution in [0.4, 0.5) is 4.39 Å². The summed E-state index contributed by atoms with van der Waals surface area (Å²) < 4.78 is 38.3. The van der Waals surface area contributed by atoms with Gasteiger partial charge in [0.25, 0.3) is 0 Å². The van der Waals surface area contributed by atoms with Crippen LogP contribution in [0.15, 0.2) is 47.4 Å². The maximum atomic E-state index is 13.8. The third kappa shape index (κ3) is 3.40. The van der Waals surface area contributed by atoms with Crippen LogP contribution < -0.4 is 0 Å². The zero-order valence-corrected chi connectivity index (χ0v) is 12.2. The molecule has 0 atom stereocenters. The topological polar surface area (TPSA) is 71.4 Å².